The molecule has 20 heavy (non-hydrogen) atoms. The second kappa shape index (κ2) is 6.05. The summed E-state index contributed by atoms with van der Waals surface area (Å²) >= 11 is 10.8. The van der Waals surface area contributed by atoms with Gasteiger partial charge in [-0.05, 0) is 46.6 Å². The fourth-order valence-corrected chi connectivity index (χ4v) is 4.06. The van der Waals surface area contributed by atoms with Gasteiger partial charge in [0.25, 0.3) is 0 Å². The van der Waals surface area contributed by atoms with Crippen LogP contribution in [0.3, 0.4) is 0 Å². The molecular weight excluding hydrogens is 382 g/mol. The van der Waals surface area contributed by atoms with E-state index in [4.69, 9.17) is 11.6 Å². The van der Waals surface area contributed by atoms with Gasteiger partial charge >= 0.3 is 0 Å². The van der Waals surface area contributed by atoms with Crippen molar-refractivity contribution in [1.29, 1.82) is 0 Å². The lowest BCUT2D eigenvalue weighted by Crippen LogP contribution is -2.03. The van der Waals surface area contributed by atoms with Crippen LogP contribution < -0.4 is 5.32 Å². The molecule has 0 aliphatic carbocycles. The number of nitrogens with one attached hydrogen (secondary N) is 1. The smallest absolute Gasteiger partial charge is 0.175 e. The first-order valence-corrected chi connectivity index (χ1v) is 9.63. The summed E-state index contributed by atoms with van der Waals surface area (Å²) in [4.78, 5) is 1.39. The molecule has 7 heteroatoms. The highest BCUT2D eigenvalue weighted by Gasteiger charge is 2.10. The Bertz CT molecular complexity index is 721. The zero-order chi connectivity index (χ0) is 14.9. The highest BCUT2D eigenvalue weighted by molar-refractivity contribution is 9.10. The summed E-state index contributed by atoms with van der Waals surface area (Å²) in [7, 11) is -3.19. The molecule has 1 heterocycles. The normalized spacial score (nSPS) is 11.6. The lowest BCUT2D eigenvalue weighted by molar-refractivity contribution is 0.602. The largest absolute Gasteiger partial charge is 0.380 e. The lowest BCUT2D eigenvalue weighted by atomic mass is 10.2. The number of sulfone groups is 1. The first kappa shape index (κ1) is 15.8. The molecule has 2 rings (SSSR count). The fourth-order valence-electron chi connectivity index (χ4n) is 1.68. The summed E-state index contributed by atoms with van der Waals surface area (Å²) in [6.45, 7) is 2.54. The van der Waals surface area contributed by atoms with E-state index in [1.807, 2.05) is 13.0 Å². The van der Waals surface area contributed by atoms with Gasteiger partial charge in [-0.15, -0.1) is 11.3 Å². The van der Waals surface area contributed by atoms with Crippen LogP contribution >= 0.6 is 38.9 Å². The molecule has 0 fully saturated rings. The predicted octanol–water partition coefficient (Wildman–Crippen LogP) is 4.49. The van der Waals surface area contributed by atoms with Gasteiger partial charge in [0.05, 0.1) is 4.90 Å². The summed E-state index contributed by atoms with van der Waals surface area (Å²) in [5.41, 5.74) is 1.81. The molecule has 0 amide bonds. The molecule has 0 unspecified atom stereocenters. The Morgan fingerprint density at radius 3 is 2.60 bits per heavy atom. The zero-order valence-electron chi connectivity index (χ0n) is 10.9. The molecule has 0 radical (unpaired) electrons. The molecule has 0 spiro atoms. The molecule has 0 saturated carbocycles. The second-order valence-electron chi connectivity index (χ2n) is 4.44. The van der Waals surface area contributed by atoms with Gasteiger partial charge in [0.1, 0.15) is 4.34 Å². The quantitative estimate of drug-likeness (QED) is 0.831. The van der Waals surface area contributed by atoms with Crippen molar-refractivity contribution in [1.82, 2.24) is 0 Å². The van der Waals surface area contributed by atoms with E-state index in [0.717, 1.165) is 20.6 Å². The van der Waals surface area contributed by atoms with Crippen molar-refractivity contribution in [3.63, 3.8) is 0 Å². The minimum absolute atomic E-state index is 0.316. The van der Waals surface area contributed by atoms with Crippen LogP contribution in [0.5, 0.6) is 0 Å². The van der Waals surface area contributed by atoms with E-state index in [9.17, 15) is 8.42 Å². The maximum atomic E-state index is 11.6. The summed E-state index contributed by atoms with van der Waals surface area (Å²) in [5.74, 6) is 0. The standard InChI is InChI=1S/C13H13BrClNO2S2/c1-8-3-4-10(20(2,17)18)6-12(8)16-7-9-5-11(14)13(15)19-9/h3-6,16H,7H2,1-2H3. The fraction of sp³-hybridized carbons (Fsp3) is 0.231. The molecular formula is C13H13BrClNO2S2. The Morgan fingerprint density at radius 2 is 2.05 bits per heavy atom. The average molecular weight is 395 g/mol. The summed E-state index contributed by atoms with van der Waals surface area (Å²) in [5, 5.41) is 3.25. The van der Waals surface area contributed by atoms with Crippen LogP contribution in [0.4, 0.5) is 5.69 Å². The molecule has 0 aliphatic heterocycles. The van der Waals surface area contributed by atoms with Gasteiger partial charge in [0.15, 0.2) is 9.84 Å². The third kappa shape index (κ3) is 3.75. The van der Waals surface area contributed by atoms with Gasteiger partial charge in [0, 0.05) is 27.8 Å². The van der Waals surface area contributed by atoms with E-state index in [1.54, 1.807) is 18.2 Å². The number of hydrogen-bond acceptors (Lipinski definition) is 4. The molecule has 2 aromatic rings. The van der Waals surface area contributed by atoms with Gasteiger partial charge in [-0.1, -0.05) is 17.7 Å². The summed E-state index contributed by atoms with van der Waals surface area (Å²) in [6, 6.07) is 7.04. The van der Waals surface area contributed by atoms with Crippen LogP contribution in [-0.2, 0) is 16.4 Å². The van der Waals surface area contributed by atoms with Crippen molar-refractivity contribution in [2.45, 2.75) is 18.4 Å². The monoisotopic (exact) mass is 393 g/mol. The number of halogens is 2. The van der Waals surface area contributed by atoms with Gasteiger partial charge in [-0.25, -0.2) is 8.42 Å². The Labute approximate surface area is 136 Å². The Kier molecular flexibility index (Phi) is 4.79. The highest BCUT2D eigenvalue weighted by Crippen LogP contribution is 2.32. The first-order valence-electron chi connectivity index (χ1n) is 5.75. The lowest BCUT2D eigenvalue weighted by Gasteiger charge is -2.10. The van der Waals surface area contributed by atoms with E-state index >= 15 is 0 Å². The Balaban J connectivity index is 2.21. The first-order chi connectivity index (χ1) is 9.27. The molecule has 1 N–H and O–H groups in total. The van der Waals surface area contributed by atoms with Crippen LogP contribution in [0.15, 0.2) is 33.6 Å². The maximum Gasteiger partial charge on any atom is 0.175 e. The van der Waals surface area contributed by atoms with Crippen molar-refractivity contribution < 1.29 is 8.42 Å². The highest BCUT2D eigenvalue weighted by atomic mass is 79.9. The van der Waals surface area contributed by atoms with Crippen LogP contribution in [0.2, 0.25) is 4.34 Å². The predicted molar refractivity (Wildman–Crippen MR) is 88.6 cm³/mol. The number of thiophene rings is 1. The summed E-state index contributed by atoms with van der Waals surface area (Å²) in [6.07, 6.45) is 1.21. The van der Waals surface area contributed by atoms with Gasteiger partial charge < -0.3 is 5.32 Å². The Hall–Kier alpha value is -0.560. The third-order valence-electron chi connectivity index (χ3n) is 2.79. The van der Waals surface area contributed by atoms with E-state index in [0.29, 0.717) is 15.8 Å². The number of hydrogen-bond donors (Lipinski definition) is 1. The molecule has 0 aliphatic rings. The van der Waals surface area contributed by atoms with E-state index in [2.05, 4.69) is 21.2 Å². The number of aryl methyl sites for hydroxylation is 1. The van der Waals surface area contributed by atoms with Crippen LogP contribution in [-0.4, -0.2) is 14.7 Å². The minimum atomic E-state index is -3.19. The molecule has 108 valence electrons. The van der Waals surface area contributed by atoms with Gasteiger partial charge in [-0.2, -0.15) is 0 Å². The Morgan fingerprint density at radius 1 is 1.35 bits per heavy atom. The third-order valence-corrected chi connectivity index (χ3v) is 6.37. The zero-order valence-corrected chi connectivity index (χ0v) is 14.9. The molecule has 3 nitrogen and oxygen atoms in total. The van der Waals surface area contributed by atoms with Gasteiger partial charge in [-0.3, -0.25) is 0 Å². The van der Waals surface area contributed by atoms with E-state index < -0.39 is 9.84 Å². The minimum Gasteiger partial charge on any atom is -0.380 e. The van der Waals surface area contributed by atoms with Gasteiger partial charge in [0.2, 0.25) is 0 Å². The molecule has 1 aromatic carbocycles. The number of benzene rings is 1. The van der Waals surface area contributed by atoms with E-state index in [1.165, 1.54) is 17.6 Å². The topological polar surface area (TPSA) is 46.2 Å². The maximum absolute atomic E-state index is 11.6. The van der Waals surface area contributed by atoms with Crippen LogP contribution in [0.1, 0.15) is 10.4 Å². The van der Waals surface area contributed by atoms with Crippen LogP contribution in [0, 0.1) is 6.92 Å². The van der Waals surface area contributed by atoms with Crippen molar-refractivity contribution in [2.24, 2.45) is 0 Å². The SMILES string of the molecule is Cc1ccc(S(C)(=O)=O)cc1NCc1cc(Br)c(Cl)s1. The molecule has 0 atom stereocenters. The average Bonchev–Trinajstić information content (AvgIpc) is 2.66. The second-order valence-corrected chi connectivity index (χ2v) is 9.05. The van der Waals surface area contributed by atoms with Crippen molar-refractivity contribution in [3.8, 4) is 0 Å². The summed E-state index contributed by atoms with van der Waals surface area (Å²) < 4.78 is 24.7. The van der Waals surface area contributed by atoms with Crippen LogP contribution in [0.25, 0.3) is 0 Å². The number of rotatable bonds is 4. The molecule has 0 bridgehead atoms. The van der Waals surface area contributed by atoms with Crippen molar-refractivity contribution in [2.75, 3.05) is 11.6 Å². The van der Waals surface area contributed by atoms with Crippen molar-refractivity contribution in [3.05, 3.63) is 43.5 Å². The van der Waals surface area contributed by atoms with E-state index in [-0.39, 0.29) is 0 Å². The molecule has 1 aromatic heterocycles. The van der Waals surface area contributed by atoms with Crippen molar-refractivity contribution >= 4 is 54.4 Å². The molecule has 0 saturated heterocycles. The number of anilines is 1.